The number of ether oxygens (including phenoxy) is 1. The minimum atomic E-state index is -0.149. The predicted octanol–water partition coefficient (Wildman–Crippen LogP) is 2.47. The van der Waals surface area contributed by atoms with Crippen molar-refractivity contribution in [1.82, 2.24) is 10.3 Å². The number of anilines is 1. The molecule has 1 saturated heterocycles. The molecule has 110 valence electrons. The number of nitrogens with zero attached hydrogens (tertiary/aromatic N) is 1. The number of carbonyl (C=O) groups is 1. The van der Waals surface area contributed by atoms with Crippen molar-refractivity contribution in [1.29, 1.82) is 0 Å². The molecule has 20 heavy (non-hydrogen) atoms. The molecule has 0 radical (unpaired) electrons. The Labute approximate surface area is 124 Å². The Morgan fingerprint density at radius 3 is 3.10 bits per heavy atom. The van der Waals surface area contributed by atoms with Crippen LogP contribution in [0.3, 0.4) is 0 Å². The van der Waals surface area contributed by atoms with Crippen LogP contribution in [0.2, 0.25) is 5.15 Å². The van der Waals surface area contributed by atoms with Gasteiger partial charge in [-0.3, -0.25) is 4.79 Å². The van der Waals surface area contributed by atoms with Crippen molar-refractivity contribution < 1.29 is 9.53 Å². The number of hydrogen-bond donors (Lipinski definition) is 2. The molecule has 0 saturated carbocycles. The van der Waals surface area contributed by atoms with Crippen molar-refractivity contribution in [2.45, 2.75) is 32.3 Å². The second kappa shape index (κ2) is 7.45. The zero-order valence-corrected chi connectivity index (χ0v) is 12.4. The summed E-state index contributed by atoms with van der Waals surface area (Å²) < 4.78 is 5.47. The number of aromatic nitrogens is 1. The Morgan fingerprint density at radius 1 is 1.55 bits per heavy atom. The number of hydrogen-bond acceptors (Lipinski definition) is 4. The minimum Gasteiger partial charge on any atom is -0.376 e. The Balaban J connectivity index is 1.95. The van der Waals surface area contributed by atoms with Crippen molar-refractivity contribution in [3.63, 3.8) is 0 Å². The van der Waals surface area contributed by atoms with Crippen LogP contribution < -0.4 is 10.6 Å². The van der Waals surface area contributed by atoms with Crippen molar-refractivity contribution in [3.8, 4) is 0 Å². The standard InChI is InChI=1S/C14H20ClN3O2/c1-2-5-16-13-8-10(7-12(15)18-13)14(19)17-9-11-4-3-6-20-11/h7-8,11H,2-6,9H2,1H3,(H,16,18)(H,17,19). The maximum absolute atomic E-state index is 12.1. The summed E-state index contributed by atoms with van der Waals surface area (Å²) in [5, 5.41) is 6.31. The summed E-state index contributed by atoms with van der Waals surface area (Å²) in [4.78, 5) is 16.2. The molecule has 1 aliphatic rings. The summed E-state index contributed by atoms with van der Waals surface area (Å²) >= 11 is 5.94. The summed E-state index contributed by atoms with van der Waals surface area (Å²) in [5.74, 6) is 0.478. The van der Waals surface area contributed by atoms with Crippen LogP contribution in [0.5, 0.6) is 0 Å². The zero-order valence-electron chi connectivity index (χ0n) is 11.6. The zero-order chi connectivity index (χ0) is 14.4. The highest BCUT2D eigenvalue weighted by Gasteiger charge is 2.17. The van der Waals surface area contributed by atoms with E-state index in [1.165, 1.54) is 0 Å². The highest BCUT2D eigenvalue weighted by Crippen LogP contribution is 2.15. The largest absolute Gasteiger partial charge is 0.376 e. The molecule has 5 nitrogen and oxygen atoms in total. The molecule has 0 aliphatic carbocycles. The molecule has 0 spiro atoms. The average Bonchev–Trinajstić information content (AvgIpc) is 2.95. The Hall–Kier alpha value is -1.33. The highest BCUT2D eigenvalue weighted by atomic mass is 35.5. The molecule has 2 heterocycles. The first kappa shape index (κ1) is 15.1. The topological polar surface area (TPSA) is 63.2 Å². The Kier molecular flexibility index (Phi) is 5.61. The first-order chi connectivity index (χ1) is 9.69. The lowest BCUT2D eigenvalue weighted by atomic mass is 10.2. The van der Waals surface area contributed by atoms with E-state index in [9.17, 15) is 4.79 Å². The Morgan fingerprint density at radius 2 is 2.40 bits per heavy atom. The fourth-order valence-electron chi connectivity index (χ4n) is 2.09. The van der Waals surface area contributed by atoms with E-state index in [4.69, 9.17) is 16.3 Å². The number of carbonyl (C=O) groups excluding carboxylic acids is 1. The van der Waals surface area contributed by atoms with E-state index in [1.54, 1.807) is 12.1 Å². The van der Waals surface area contributed by atoms with Gasteiger partial charge in [-0.1, -0.05) is 18.5 Å². The van der Waals surface area contributed by atoms with Crippen LogP contribution in [0, 0.1) is 0 Å². The van der Waals surface area contributed by atoms with E-state index >= 15 is 0 Å². The fourth-order valence-corrected chi connectivity index (χ4v) is 2.29. The minimum absolute atomic E-state index is 0.133. The summed E-state index contributed by atoms with van der Waals surface area (Å²) in [6.45, 7) is 4.18. The van der Waals surface area contributed by atoms with E-state index in [2.05, 4.69) is 22.5 Å². The first-order valence-electron chi connectivity index (χ1n) is 7.00. The van der Waals surface area contributed by atoms with Crippen LogP contribution in [0.4, 0.5) is 5.82 Å². The molecule has 1 amide bonds. The lowest BCUT2D eigenvalue weighted by molar-refractivity contribution is 0.0857. The van der Waals surface area contributed by atoms with Gasteiger partial charge in [-0.2, -0.15) is 0 Å². The second-order valence-electron chi connectivity index (χ2n) is 4.84. The van der Waals surface area contributed by atoms with E-state index in [1.807, 2.05) is 0 Å². The second-order valence-corrected chi connectivity index (χ2v) is 5.22. The molecular formula is C14H20ClN3O2. The lowest BCUT2D eigenvalue weighted by Gasteiger charge is -2.12. The molecule has 1 aromatic heterocycles. The van der Waals surface area contributed by atoms with Crippen molar-refractivity contribution in [3.05, 3.63) is 22.8 Å². The first-order valence-corrected chi connectivity index (χ1v) is 7.38. The van der Waals surface area contributed by atoms with Crippen LogP contribution in [0.25, 0.3) is 0 Å². The molecule has 1 fully saturated rings. The molecule has 0 aromatic carbocycles. The SMILES string of the molecule is CCCNc1cc(C(=O)NCC2CCCO2)cc(Cl)n1. The summed E-state index contributed by atoms with van der Waals surface area (Å²) in [6.07, 6.45) is 3.18. The molecule has 1 aromatic rings. The van der Waals surface area contributed by atoms with Gasteiger partial charge in [0.25, 0.3) is 5.91 Å². The van der Waals surface area contributed by atoms with Gasteiger partial charge in [0.05, 0.1) is 6.10 Å². The molecule has 2 N–H and O–H groups in total. The molecular weight excluding hydrogens is 278 g/mol. The third kappa shape index (κ3) is 4.35. The van der Waals surface area contributed by atoms with Crippen molar-refractivity contribution in [2.24, 2.45) is 0 Å². The van der Waals surface area contributed by atoms with Gasteiger partial charge in [0.2, 0.25) is 0 Å². The van der Waals surface area contributed by atoms with Gasteiger partial charge in [0.1, 0.15) is 11.0 Å². The van der Waals surface area contributed by atoms with Crippen LogP contribution in [-0.2, 0) is 4.74 Å². The number of amides is 1. The Bertz CT molecular complexity index is 462. The molecule has 2 rings (SSSR count). The van der Waals surface area contributed by atoms with Crippen LogP contribution in [0.15, 0.2) is 12.1 Å². The smallest absolute Gasteiger partial charge is 0.251 e. The average molecular weight is 298 g/mol. The molecule has 1 aliphatic heterocycles. The number of rotatable bonds is 6. The fraction of sp³-hybridized carbons (Fsp3) is 0.571. The molecule has 1 unspecified atom stereocenters. The monoisotopic (exact) mass is 297 g/mol. The van der Waals surface area contributed by atoms with Gasteiger partial charge >= 0.3 is 0 Å². The van der Waals surface area contributed by atoms with Crippen LogP contribution in [0.1, 0.15) is 36.5 Å². The summed E-state index contributed by atoms with van der Waals surface area (Å²) in [5.41, 5.74) is 0.515. The number of nitrogens with one attached hydrogen (secondary N) is 2. The van der Waals surface area contributed by atoms with Gasteiger partial charge < -0.3 is 15.4 Å². The maximum atomic E-state index is 12.1. The number of halogens is 1. The quantitative estimate of drug-likeness (QED) is 0.792. The highest BCUT2D eigenvalue weighted by molar-refractivity contribution is 6.29. The van der Waals surface area contributed by atoms with Gasteiger partial charge in [-0.25, -0.2) is 4.98 Å². The molecule has 6 heteroatoms. The van der Waals surface area contributed by atoms with Crippen molar-refractivity contribution in [2.75, 3.05) is 25.0 Å². The van der Waals surface area contributed by atoms with Gasteiger partial charge in [0.15, 0.2) is 0 Å². The summed E-state index contributed by atoms with van der Waals surface area (Å²) in [7, 11) is 0. The lowest BCUT2D eigenvalue weighted by Crippen LogP contribution is -2.31. The van der Waals surface area contributed by atoms with Crippen molar-refractivity contribution >= 4 is 23.3 Å². The number of pyridine rings is 1. The van der Waals surface area contributed by atoms with Gasteiger partial charge in [-0.15, -0.1) is 0 Å². The van der Waals surface area contributed by atoms with Crippen LogP contribution >= 0.6 is 11.6 Å². The van der Waals surface area contributed by atoms with E-state index in [0.717, 1.165) is 32.4 Å². The normalized spacial score (nSPS) is 18.0. The van der Waals surface area contributed by atoms with Gasteiger partial charge in [-0.05, 0) is 31.4 Å². The third-order valence-corrected chi connectivity index (χ3v) is 3.32. The van der Waals surface area contributed by atoms with E-state index < -0.39 is 0 Å². The van der Waals surface area contributed by atoms with E-state index in [-0.39, 0.29) is 12.0 Å². The van der Waals surface area contributed by atoms with Crippen LogP contribution in [-0.4, -0.2) is 36.7 Å². The predicted molar refractivity (Wildman–Crippen MR) is 79.3 cm³/mol. The van der Waals surface area contributed by atoms with E-state index in [0.29, 0.717) is 23.1 Å². The molecule has 1 atom stereocenters. The summed E-state index contributed by atoms with van der Waals surface area (Å²) in [6, 6.07) is 3.29. The molecule has 0 bridgehead atoms. The maximum Gasteiger partial charge on any atom is 0.251 e. The van der Waals surface area contributed by atoms with Gasteiger partial charge in [0, 0.05) is 25.3 Å². The third-order valence-electron chi connectivity index (χ3n) is 3.13.